The van der Waals surface area contributed by atoms with Gasteiger partial charge in [0.15, 0.2) is 5.65 Å². The number of nitrogens with one attached hydrogen (secondary N) is 1. The Hall–Kier alpha value is -2.89. The van der Waals surface area contributed by atoms with Gasteiger partial charge in [0.25, 0.3) is 0 Å². The molecule has 1 aromatic carbocycles. The van der Waals surface area contributed by atoms with Gasteiger partial charge in [-0.05, 0) is 30.2 Å². The average molecular weight is 282 g/mol. The highest BCUT2D eigenvalue weighted by Gasteiger charge is 2.02. The van der Waals surface area contributed by atoms with Gasteiger partial charge in [-0.2, -0.15) is 5.10 Å². The van der Waals surface area contributed by atoms with Crippen LogP contribution in [0.25, 0.3) is 5.65 Å². The first-order valence-corrected chi connectivity index (χ1v) is 6.59. The number of aromatic carboxylic acids is 1. The Bertz CT molecular complexity index is 765. The molecule has 0 spiro atoms. The van der Waals surface area contributed by atoms with Crippen LogP contribution in [0, 0.1) is 0 Å². The second kappa shape index (κ2) is 5.62. The number of carboxylic acid groups (broad SMARTS) is 1. The molecule has 0 atom stereocenters. The molecule has 3 aromatic rings. The van der Waals surface area contributed by atoms with Crippen molar-refractivity contribution in [1.82, 2.24) is 14.6 Å². The van der Waals surface area contributed by atoms with Gasteiger partial charge in [0, 0.05) is 18.8 Å². The molecule has 0 unspecified atom stereocenters. The lowest BCUT2D eigenvalue weighted by Gasteiger charge is -2.06. The third kappa shape index (κ3) is 3.00. The van der Waals surface area contributed by atoms with E-state index in [9.17, 15) is 4.79 Å². The van der Waals surface area contributed by atoms with Crippen molar-refractivity contribution < 1.29 is 9.90 Å². The van der Waals surface area contributed by atoms with Crippen LogP contribution in [-0.2, 0) is 6.42 Å². The average Bonchev–Trinajstić information content (AvgIpc) is 2.95. The van der Waals surface area contributed by atoms with Crippen molar-refractivity contribution in [3.05, 3.63) is 59.9 Å². The molecule has 0 fully saturated rings. The number of carboxylic acids is 1. The van der Waals surface area contributed by atoms with Crippen LogP contribution in [0.2, 0.25) is 0 Å². The van der Waals surface area contributed by atoms with Gasteiger partial charge in [0.1, 0.15) is 5.82 Å². The molecule has 6 nitrogen and oxygen atoms in total. The Morgan fingerprint density at radius 1 is 1.19 bits per heavy atom. The van der Waals surface area contributed by atoms with Crippen molar-refractivity contribution in [2.24, 2.45) is 0 Å². The smallest absolute Gasteiger partial charge is 0.335 e. The van der Waals surface area contributed by atoms with Gasteiger partial charge in [-0.25, -0.2) is 14.3 Å². The lowest BCUT2D eigenvalue weighted by molar-refractivity contribution is 0.0697. The molecule has 6 heteroatoms. The van der Waals surface area contributed by atoms with Crippen molar-refractivity contribution in [2.45, 2.75) is 6.42 Å². The maximum absolute atomic E-state index is 10.8. The summed E-state index contributed by atoms with van der Waals surface area (Å²) in [5.41, 5.74) is 2.18. The normalized spacial score (nSPS) is 10.7. The fourth-order valence-electron chi connectivity index (χ4n) is 2.06. The van der Waals surface area contributed by atoms with E-state index in [0.29, 0.717) is 5.56 Å². The zero-order chi connectivity index (χ0) is 14.7. The molecule has 106 valence electrons. The number of hydrogen-bond acceptors (Lipinski definition) is 4. The van der Waals surface area contributed by atoms with E-state index in [0.717, 1.165) is 30.0 Å². The van der Waals surface area contributed by atoms with E-state index in [1.807, 2.05) is 30.5 Å². The van der Waals surface area contributed by atoms with Crippen LogP contribution in [0.5, 0.6) is 0 Å². The number of fused-ring (bicyclic) bond motifs is 1. The summed E-state index contributed by atoms with van der Waals surface area (Å²) in [7, 11) is 0. The minimum atomic E-state index is -0.905. The summed E-state index contributed by atoms with van der Waals surface area (Å²) in [5.74, 6) is -0.108. The fourth-order valence-corrected chi connectivity index (χ4v) is 2.06. The Balaban J connectivity index is 1.58. The zero-order valence-electron chi connectivity index (χ0n) is 11.2. The topological polar surface area (TPSA) is 79.5 Å². The maximum atomic E-state index is 10.8. The highest BCUT2D eigenvalue weighted by atomic mass is 16.4. The van der Waals surface area contributed by atoms with Crippen LogP contribution in [0.1, 0.15) is 15.9 Å². The van der Waals surface area contributed by atoms with E-state index >= 15 is 0 Å². The molecule has 0 amide bonds. The molecule has 0 aliphatic heterocycles. The van der Waals surface area contributed by atoms with Gasteiger partial charge in [0.2, 0.25) is 0 Å². The Morgan fingerprint density at radius 3 is 2.76 bits per heavy atom. The van der Waals surface area contributed by atoms with Gasteiger partial charge in [-0.15, -0.1) is 0 Å². The summed E-state index contributed by atoms with van der Waals surface area (Å²) in [6.45, 7) is 0.726. The number of anilines is 1. The molecule has 0 saturated heterocycles. The summed E-state index contributed by atoms with van der Waals surface area (Å²) in [6.07, 6.45) is 4.36. The molecule has 0 saturated carbocycles. The standard InChI is InChI=1S/C15H14N4O2/c20-15(21)12-3-1-11(2-4-12)5-8-16-13-7-10-19-14(18-13)6-9-17-19/h1-4,6-7,9-10H,5,8H2,(H,16,18)(H,20,21). The van der Waals surface area contributed by atoms with Crippen molar-refractivity contribution in [1.29, 1.82) is 0 Å². The van der Waals surface area contributed by atoms with E-state index in [-0.39, 0.29) is 0 Å². The van der Waals surface area contributed by atoms with Crippen LogP contribution < -0.4 is 5.32 Å². The first kappa shape index (κ1) is 13.1. The summed E-state index contributed by atoms with van der Waals surface area (Å²) in [4.78, 5) is 15.2. The Morgan fingerprint density at radius 2 is 2.00 bits per heavy atom. The molecular formula is C15H14N4O2. The molecule has 0 aliphatic rings. The lowest BCUT2D eigenvalue weighted by atomic mass is 10.1. The SMILES string of the molecule is O=C(O)c1ccc(CCNc2ccn3nccc3n2)cc1. The monoisotopic (exact) mass is 282 g/mol. The number of nitrogens with zero attached hydrogens (tertiary/aromatic N) is 3. The van der Waals surface area contributed by atoms with Gasteiger partial charge < -0.3 is 10.4 Å². The predicted octanol–water partition coefficient (Wildman–Crippen LogP) is 2.08. The van der Waals surface area contributed by atoms with E-state index in [1.165, 1.54) is 0 Å². The summed E-state index contributed by atoms with van der Waals surface area (Å²) in [5, 5.41) is 16.2. The van der Waals surface area contributed by atoms with Crippen molar-refractivity contribution in [3.8, 4) is 0 Å². The summed E-state index contributed by atoms with van der Waals surface area (Å²) >= 11 is 0. The molecular weight excluding hydrogens is 268 g/mol. The fraction of sp³-hybridized carbons (Fsp3) is 0.133. The van der Waals surface area contributed by atoms with Crippen LogP contribution in [0.4, 0.5) is 5.82 Å². The van der Waals surface area contributed by atoms with Gasteiger partial charge in [0.05, 0.1) is 11.8 Å². The van der Waals surface area contributed by atoms with Crippen molar-refractivity contribution >= 4 is 17.4 Å². The molecule has 2 N–H and O–H groups in total. The van der Waals surface area contributed by atoms with E-state index in [2.05, 4.69) is 15.4 Å². The lowest BCUT2D eigenvalue weighted by Crippen LogP contribution is -2.07. The number of benzene rings is 1. The molecule has 21 heavy (non-hydrogen) atoms. The minimum absolute atomic E-state index is 0.305. The third-order valence-corrected chi connectivity index (χ3v) is 3.18. The van der Waals surface area contributed by atoms with Crippen LogP contribution in [0.15, 0.2) is 48.8 Å². The van der Waals surface area contributed by atoms with Gasteiger partial charge in [-0.3, -0.25) is 0 Å². The van der Waals surface area contributed by atoms with Gasteiger partial charge >= 0.3 is 5.97 Å². The van der Waals surface area contributed by atoms with E-state index < -0.39 is 5.97 Å². The zero-order valence-corrected chi connectivity index (χ0v) is 11.2. The van der Waals surface area contributed by atoms with Gasteiger partial charge in [-0.1, -0.05) is 12.1 Å². The third-order valence-electron chi connectivity index (χ3n) is 3.18. The van der Waals surface area contributed by atoms with Crippen LogP contribution in [-0.4, -0.2) is 32.2 Å². The Kier molecular flexibility index (Phi) is 3.51. The number of hydrogen-bond donors (Lipinski definition) is 2. The number of rotatable bonds is 5. The van der Waals surface area contributed by atoms with E-state index in [4.69, 9.17) is 5.11 Å². The first-order chi connectivity index (χ1) is 10.2. The summed E-state index contributed by atoms with van der Waals surface area (Å²) < 4.78 is 1.70. The van der Waals surface area contributed by atoms with Crippen molar-refractivity contribution in [3.63, 3.8) is 0 Å². The highest BCUT2D eigenvalue weighted by Crippen LogP contribution is 2.08. The molecule has 0 aliphatic carbocycles. The number of aromatic nitrogens is 3. The Labute approximate surface area is 121 Å². The summed E-state index contributed by atoms with van der Waals surface area (Å²) in [6, 6.07) is 10.6. The van der Waals surface area contributed by atoms with E-state index in [1.54, 1.807) is 22.8 Å². The first-order valence-electron chi connectivity index (χ1n) is 6.59. The quantitative estimate of drug-likeness (QED) is 0.749. The second-order valence-electron chi connectivity index (χ2n) is 4.63. The predicted molar refractivity (Wildman–Crippen MR) is 78.6 cm³/mol. The molecule has 2 heterocycles. The van der Waals surface area contributed by atoms with Crippen LogP contribution in [0.3, 0.4) is 0 Å². The molecule has 3 rings (SSSR count). The van der Waals surface area contributed by atoms with Crippen LogP contribution >= 0.6 is 0 Å². The van der Waals surface area contributed by atoms with Crippen molar-refractivity contribution in [2.75, 3.05) is 11.9 Å². The molecule has 0 bridgehead atoms. The maximum Gasteiger partial charge on any atom is 0.335 e. The largest absolute Gasteiger partial charge is 0.478 e. The molecule has 0 radical (unpaired) electrons. The highest BCUT2D eigenvalue weighted by molar-refractivity contribution is 5.87. The minimum Gasteiger partial charge on any atom is -0.478 e. The second-order valence-corrected chi connectivity index (χ2v) is 4.63. The molecule has 2 aromatic heterocycles. The number of carbonyl (C=O) groups is 1.